The largest absolute Gasteiger partial charge is 0.312 e. The summed E-state index contributed by atoms with van der Waals surface area (Å²) in [6, 6.07) is 4.49. The van der Waals surface area contributed by atoms with Crippen molar-refractivity contribution in [1.82, 2.24) is 26.6 Å². The quantitative estimate of drug-likeness (QED) is 0.457. The maximum atomic E-state index is 9.63. The highest BCUT2D eigenvalue weighted by Crippen LogP contribution is 2.48. The van der Waals surface area contributed by atoms with E-state index < -0.39 is 0 Å². The summed E-state index contributed by atoms with van der Waals surface area (Å²) < 4.78 is 0. The molecule has 0 aromatic heterocycles. The Balaban J connectivity index is 1.07. The van der Waals surface area contributed by atoms with Gasteiger partial charge in [-0.05, 0) is 113 Å². The van der Waals surface area contributed by atoms with Crippen molar-refractivity contribution in [1.29, 1.82) is 5.26 Å². The van der Waals surface area contributed by atoms with Gasteiger partial charge in [0.25, 0.3) is 0 Å². The molecule has 6 aliphatic rings. The number of hydrogen-bond donors (Lipinski definition) is 4. The Bertz CT molecular complexity index is 779. The van der Waals surface area contributed by atoms with E-state index in [1.54, 1.807) is 0 Å². The number of nitriles is 1. The minimum absolute atomic E-state index is 0.175. The number of nitrogens with zero attached hydrogens (tertiary/aromatic N) is 2. The molecule has 4 N–H and O–H groups in total. The third kappa shape index (κ3) is 5.13. The van der Waals surface area contributed by atoms with Gasteiger partial charge in [0, 0.05) is 44.3 Å². The molecular weight excluding hydrogens is 444 g/mol. The molecule has 0 radical (unpaired) electrons. The predicted octanol–water partition coefficient (Wildman–Crippen LogP) is 4.21. The number of nitrogens with one attached hydrogen (secondary N) is 4. The van der Waals surface area contributed by atoms with Crippen LogP contribution in [-0.2, 0) is 0 Å². The Labute approximate surface area is 220 Å². The lowest BCUT2D eigenvalue weighted by Gasteiger charge is -2.49. The molecule has 0 amide bonds. The SMILES string of the molecule is CC(C)(C#N)C1CCC(C2NNC3CNC4CCC(C5CNN(CC6CCCCC6)C5)CC4C32)CC1. The Hall–Kier alpha value is -0.710. The number of hydrogen-bond acceptors (Lipinski definition) is 6. The number of fused-ring (bicyclic) bond motifs is 3. The smallest absolute Gasteiger partial charge is 0.0686 e. The van der Waals surface area contributed by atoms with Crippen LogP contribution in [0.5, 0.6) is 0 Å². The second-order valence-electron chi connectivity index (χ2n) is 14.2. The summed E-state index contributed by atoms with van der Waals surface area (Å²) in [6.45, 7) is 9.18. The predicted molar refractivity (Wildman–Crippen MR) is 144 cm³/mol. The molecule has 3 saturated carbocycles. The van der Waals surface area contributed by atoms with Crippen molar-refractivity contribution >= 4 is 0 Å². The number of piperidine rings is 1. The molecule has 3 aliphatic heterocycles. The molecule has 202 valence electrons. The lowest BCUT2D eigenvalue weighted by atomic mass is 9.60. The molecule has 6 rings (SSSR count). The fourth-order valence-electron chi connectivity index (χ4n) is 9.54. The van der Waals surface area contributed by atoms with Crippen LogP contribution in [0.4, 0.5) is 0 Å². The zero-order valence-corrected chi connectivity index (χ0v) is 23.0. The van der Waals surface area contributed by atoms with Gasteiger partial charge < -0.3 is 5.32 Å². The van der Waals surface area contributed by atoms with Crippen LogP contribution >= 0.6 is 0 Å². The average molecular weight is 497 g/mol. The van der Waals surface area contributed by atoms with Crippen LogP contribution in [0.2, 0.25) is 0 Å². The van der Waals surface area contributed by atoms with Crippen molar-refractivity contribution in [2.75, 3.05) is 26.2 Å². The van der Waals surface area contributed by atoms with E-state index in [1.807, 2.05) is 0 Å². The van der Waals surface area contributed by atoms with Crippen molar-refractivity contribution in [2.45, 2.75) is 109 Å². The molecule has 6 nitrogen and oxygen atoms in total. The van der Waals surface area contributed by atoms with Crippen molar-refractivity contribution in [3.63, 3.8) is 0 Å². The maximum absolute atomic E-state index is 9.63. The first kappa shape index (κ1) is 25.6. The topological polar surface area (TPSA) is 75.1 Å². The van der Waals surface area contributed by atoms with E-state index in [0.29, 0.717) is 24.0 Å². The summed E-state index contributed by atoms with van der Waals surface area (Å²) in [7, 11) is 0. The van der Waals surface area contributed by atoms with Gasteiger partial charge in [-0.2, -0.15) is 5.26 Å². The highest BCUT2D eigenvalue weighted by molar-refractivity contribution is 5.08. The van der Waals surface area contributed by atoms with E-state index in [2.05, 4.69) is 46.5 Å². The molecule has 7 atom stereocenters. The van der Waals surface area contributed by atoms with E-state index in [1.165, 1.54) is 96.7 Å². The summed E-state index contributed by atoms with van der Waals surface area (Å²) in [5.41, 5.74) is 11.2. The van der Waals surface area contributed by atoms with Gasteiger partial charge in [0.05, 0.1) is 11.5 Å². The summed E-state index contributed by atoms with van der Waals surface area (Å²) >= 11 is 0. The van der Waals surface area contributed by atoms with Crippen LogP contribution in [0.1, 0.15) is 90.9 Å². The molecule has 0 bridgehead atoms. The fourth-order valence-corrected chi connectivity index (χ4v) is 9.54. The third-order valence-corrected chi connectivity index (χ3v) is 11.8. The van der Waals surface area contributed by atoms with Crippen molar-refractivity contribution in [3.05, 3.63) is 0 Å². The van der Waals surface area contributed by atoms with Crippen LogP contribution in [0.25, 0.3) is 0 Å². The number of rotatable bonds is 5. The molecule has 0 aromatic carbocycles. The Kier molecular flexibility index (Phi) is 7.68. The molecule has 3 heterocycles. The Morgan fingerprint density at radius 2 is 1.61 bits per heavy atom. The van der Waals surface area contributed by atoms with Crippen molar-refractivity contribution in [2.24, 2.45) is 46.8 Å². The van der Waals surface area contributed by atoms with E-state index in [4.69, 9.17) is 0 Å². The van der Waals surface area contributed by atoms with Gasteiger partial charge in [0.2, 0.25) is 0 Å². The van der Waals surface area contributed by atoms with Crippen LogP contribution in [0, 0.1) is 58.2 Å². The fraction of sp³-hybridized carbons (Fsp3) is 0.967. The summed E-state index contributed by atoms with van der Waals surface area (Å²) in [5, 5.41) is 16.2. The van der Waals surface area contributed by atoms with Crippen LogP contribution in [0.3, 0.4) is 0 Å². The molecule has 0 spiro atoms. The molecule has 6 fully saturated rings. The zero-order valence-electron chi connectivity index (χ0n) is 23.0. The van der Waals surface area contributed by atoms with Crippen LogP contribution in [0.15, 0.2) is 0 Å². The Morgan fingerprint density at radius 1 is 0.833 bits per heavy atom. The average Bonchev–Trinajstić information content (AvgIpc) is 3.57. The zero-order chi connectivity index (χ0) is 24.7. The van der Waals surface area contributed by atoms with E-state index in [0.717, 1.165) is 42.1 Å². The summed E-state index contributed by atoms with van der Waals surface area (Å²) in [4.78, 5) is 0. The highest BCUT2D eigenvalue weighted by atomic mass is 15.5. The molecule has 7 unspecified atom stereocenters. The van der Waals surface area contributed by atoms with Gasteiger partial charge >= 0.3 is 0 Å². The van der Waals surface area contributed by atoms with Crippen molar-refractivity contribution in [3.8, 4) is 6.07 Å². The first-order chi connectivity index (χ1) is 17.5. The lowest BCUT2D eigenvalue weighted by molar-refractivity contribution is 0.0525. The van der Waals surface area contributed by atoms with Gasteiger partial charge in [-0.25, -0.2) is 5.01 Å². The monoisotopic (exact) mass is 496 g/mol. The first-order valence-electron chi connectivity index (χ1n) is 15.7. The third-order valence-electron chi connectivity index (χ3n) is 11.8. The standard InChI is InChI=1S/C30H52N6/c1-30(2,19-31)24-11-8-21(9-12-24)29-28-25-14-22(10-13-26(25)32-16-27(28)34-35-29)23-15-33-36(18-23)17-20-6-4-3-5-7-20/h20-29,32-35H,3-18H2,1-2H3. The van der Waals surface area contributed by atoms with Crippen molar-refractivity contribution < 1.29 is 0 Å². The molecule has 0 aromatic rings. The molecular formula is C30H52N6. The van der Waals surface area contributed by atoms with E-state index >= 15 is 0 Å². The summed E-state index contributed by atoms with van der Waals surface area (Å²) in [6.07, 6.45) is 16.5. The molecule has 6 heteroatoms. The van der Waals surface area contributed by atoms with Gasteiger partial charge in [0.15, 0.2) is 0 Å². The van der Waals surface area contributed by atoms with Crippen LogP contribution in [-0.4, -0.2) is 49.3 Å². The lowest BCUT2D eigenvalue weighted by Crippen LogP contribution is -2.58. The summed E-state index contributed by atoms with van der Waals surface area (Å²) in [5.74, 6) is 5.53. The van der Waals surface area contributed by atoms with Gasteiger partial charge in [-0.3, -0.25) is 16.3 Å². The van der Waals surface area contributed by atoms with Crippen LogP contribution < -0.4 is 21.6 Å². The Morgan fingerprint density at radius 3 is 2.39 bits per heavy atom. The van der Waals surface area contributed by atoms with Gasteiger partial charge in [-0.15, -0.1) is 0 Å². The minimum Gasteiger partial charge on any atom is -0.312 e. The van der Waals surface area contributed by atoms with Gasteiger partial charge in [-0.1, -0.05) is 19.3 Å². The highest BCUT2D eigenvalue weighted by Gasteiger charge is 2.52. The molecule has 36 heavy (non-hydrogen) atoms. The van der Waals surface area contributed by atoms with E-state index in [9.17, 15) is 5.26 Å². The first-order valence-corrected chi connectivity index (χ1v) is 15.7. The number of hydrazine groups is 2. The normalized spacial score (nSPS) is 44.6. The van der Waals surface area contributed by atoms with E-state index in [-0.39, 0.29) is 5.41 Å². The second kappa shape index (κ2) is 10.8. The second-order valence-corrected chi connectivity index (χ2v) is 14.2. The molecule has 3 aliphatic carbocycles. The molecule has 3 saturated heterocycles. The minimum atomic E-state index is -0.175. The van der Waals surface area contributed by atoms with Gasteiger partial charge in [0.1, 0.15) is 0 Å². The maximum Gasteiger partial charge on any atom is 0.0686 e.